The van der Waals surface area contributed by atoms with Gasteiger partial charge in [-0.1, -0.05) is 22.2 Å². The molecule has 1 aromatic carbocycles. The number of rotatable bonds is 2. The van der Waals surface area contributed by atoms with Gasteiger partial charge in [0.25, 0.3) is 5.95 Å². The molecule has 0 radical (unpaired) electrons. The van der Waals surface area contributed by atoms with Gasteiger partial charge in [-0.15, -0.1) is 5.12 Å². The zero-order valence-electron chi connectivity index (χ0n) is 8.13. The molecule has 0 saturated heterocycles. The maximum atomic E-state index is 13.7. The monoisotopic (exact) mass is 204 g/mol. The van der Waals surface area contributed by atoms with Crippen LogP contribution in [0.1, 0.15) is 5.56 Å². The van der Waals surface area contributed by atoms with E-state index in [4.69, 9.17) is 0 Å². The average molecular weight is 204 g/mol. The van der Waals surface area contributed by atoms with E-state index < -0.39 is 0 Å². The number of halogens is 1. The normalized spacial score (nSPS) is 10.0. The van der Waals surface area contributed by atoms with Gasteiger partial charge in [-0.05, 0) is 19.1 Å². The van der Waals surface area contributed by atoms with Crippen LogP contribution < -0.4 is 5.12 Å². The highest BCUT2D eigenvalue weighted by atomic mass is 19.2. The number of benzene rings is 1. The SMILES string of the molecule is Cc1ccc(N(F)c2ncncn2)cc1. The standard InChI is InChI=1S/C10H9FN4/c1-8-2-4-9(5-3-8)15(11)10-13-6-12-7-14-10/h2-7H,1H3. The lowest BCUT2D eigenvalue weighted by Crippen LogP contribution is -2.07. The van der Waals surface area contributed by atoms with Gasteiger partial charge in [-0.25, -0.2) is 4.98 Å². The summed E-state index contributed by atoms with van der Waals surface area (Å²) >= 11 is 0. The summed E-state index contributed by atoms with van der Waals surface area (Å²) in [5, 5.41) is 0.418. The molecule has 4 nitrogen and oxygen atoms in total. The molecule has 2 rings (SSSR count). The zero-order valence-corrected chi connectivity index (χ0v) is 8.13. The molecule has 0 N–H and O–H groups in total. The molecule has 2 aromatic rings. The molecule has 0 unspecified atom stereocenters. The van der Waals surface area contributed by atoms with E-state index >= 15 is 0 Å². The van der Waals surface area contributed by atoms with Crippen molar-refractivity contribution in [3.8, 4) is 0 Å². The lowest BCUT2D eigenvalue weighted by atomic mass is 10.2. The zero-order chi connectivity index (χ0) is 10.7. The molecule has 1 aromatic heterocycles. The van der Waals surface area contributed by atoms with Crippen LogP contribution in [-0.4, -0.2) is 15.0 Å². The van der Waals surface area contributed by atoms with Gasteiger partial charge in [0.05, 0.1) is 5.69 Å². The summed E-state index contributed by atoms with van der Waals surface area (Å²) in [5.74, 6) is -0.0196. The van der Waals surface area contributed by atoms with Gasteiger partial charge in [0, 0.05) is 0 Å². The van der Waals surface area contributed by atoms with Crippen molar-refractivity contribution >= 4 is 11.6 Å². The summed E-state index contributed by atoms with van der Waals surface area (Å²) in [4.78, 5) is 11.0. The van der Waals surface area contributed by atoms with E-state index in [9.17, 15) is 4.48 Å². The minimum absolute atomic E-state index is 0.0196. The minimum atomic E-state index is -0.0196. The third kappa shape index (κ3) is 2.07. The van der Waals surface area contributed by atoms with Crippen LogP contribution in [0.2, 0.25) is 0 Å². The third-order valence-corrected chi connectivity index (χ3v) is 1.92. The van der Waals surface area contributed by atoms with Gasteiger partial charge < -0.3 is 0 Å². The number of aryl methyl sites for hydroxylation is 1. The quantitative estimate of drug-likeness (QED) is 0.703. The maximum absolute atomic E-state index is 13.7. The first-order chi connectivity index (χ1) is 7.27. The predicted octanol–water partition coefficient (Wildman–Crippen LogP) is 2.20. The van der Waals surface area contributed by atoms with Crippen molar-refractivity contribution in [1.82, 2.24) is 15.0 Å². The van der Waals surface area contributed by atoms with Crippen molar-refractivity contribution in [2.45, 2.75) is 6.92 Å². The number of hydrogen-bond donors (Lipinski definition) is 0. The molecule has 0 amide bonds. The van der Waals surface area contributed by atoms with Gasteiger partial charge in [-0.3, -0.25) is 0 Å². The highest BCUT2D eigenvalue weighted by Gasteiger charge is 2.09. The molecular formula is C10H9FN4. The lowest BCUT2D eigenvalue weighted by molar-refractivity contribution is 0.491. The van der Waals surface area contributed by atoms with E-state index in [0.29, 0.717) is 10.8 Å². The Morgan fingerprint density at radius 3 is 2.27 bits per heavy atom. The Labute approximate surface area is 86.4 Å². The topological polar surface area (TPSA) is 41.9 Å². The summed E-state index contributed by atoms with van der Waals surface area (Å²) in [6, 6.07) is 6.98. The highest BCUT2D eigenvalue weighted by Crippen LogP contribution is 2.21. The molecule has 5 heteroatoms. The molecule has 76 valence electrons. The van der Waals surface area contributed by atoms with Crippen LogP contribution in [0.5, 0.6) is 0 Å². The minimum Gasteiger partial charge on any atom is -0.225 e. The number of hydrogen-bond acceptors (Lipinski definition) is 4. The molecular weight excluding hydrogens is 195 g/mol. The van der Waals surface area contributed by atoms with Crippen LogP contribution in [0.25, 0.3) is 0 Å². The van der Waals surface area contributed by atoms with Gasteiger partial charge >= 0.3 is 0 Å². The smallest absolute Gasteiger partial charge is 0.225 e. The number of anilines is 2. The van der Waals surface area contributed by atoms with Crippen molar-refractivity contribution < 1.29 is 4.48 Å². The predicted molar refractivity (Wildman–Crippen MR) is 54.3 cm³/mol. The molecule has 0 aliphatic rings. The van der Waals surface area contributed by atoms with Crippen molar-refractivity contribution in [2.75, 3.05) is 5.12 Å². The van der Waals surface area contributed by atoms with Crippen LogP contribution in [0, 0.1) is 6.92 Å². The Kier molecular flexibility index (Phi) is 2.53. The van der Waals surface area contributed by atoms with Crippen LogP contribution in [0.3, 0.4) is 0 Å². The fourth-order valence-corrected chi connectivity index (χ4v) is 1.13. The molecule has 0 bridgehead atoms. The van der Waals surface area contributed by atoms with E-state index in [2.05, 4.69) is 15.0 Å². The Balaban J connectivity index is 2.29. The maximum Gasteiger partial charge on any atom is 0.261 e. The fraction of sp³-hybridized carbons (Fsp3) is 0.100. The summed E-state index contributed by atoms with van der Waals surface area (Å²) in [6.07, 6.45) is 2.51. The van der Waals surface area contributed by atoms with Crippen molar-refractivity contribution in [2.24, 2.45) is 0 Å². The van der Waals surface area contributed by atoms with Crippen LogP contribution >= 0.6 is 0 Å². The Morgan fingerprint density at radius 2 is 1.67 bits per heavy atom. The summed E-state index contributed by atoms with van der Waals surface area (Å²) in [6.45, 7) is 1.94. The summed E-state index contributed by atoms with van der Waals surface area (Å²) < 4.78 is 13.7. The van der Waals surface area contributed by atoms with Crippen LogP contribution in [-0.2, 0) is 0 Å². The Bertz CT molecular complexity index is 429. The first kappa shape index (κ1) is 9.51. The molecule has 0 spiro atoms. The summed E-state index contributed by atoms with van der Waals surface area (Å²) in [7, 11) is 0. The lowest BCUT2D eigenvalue weighted by Gasteiger charge is -2.10. The third-order valence-electron chi connectivity index (χ3n) is 1.92. The second-order valence-corrected chi connectivity index (χ2v) is 3.05. The number of aromatic nitrogens is 3. The van der Waals surface area contributed by atoms with Gasteiger partial charge in [-0.2, -0.15) is 9.97 Å². The second kappa shape index (κ2) is 4.00. The van der Waals surface area contributed by atoms with Gasteiger partial charge in [0.1, 0.15) is 12.7 Å². The van der Waals surface area contributed by atoms with E-state index in [1.165, 1.54) is 12.7 Å². The average Bonchev–Trinajstić information content (AvgIpc) is 2.30. The second-order valence-electron chi connectivity index (χ2n) is 3.05. The largest absolute Gasteiger partial charge is 0.261 e. The molecule has 0 atom stereocenters. The van der Waals surface area contributed by atoms with E-state index in [0.717, 1.165) is 5.56 Å². The van der Waals surface area contributed by atoms with E-state index in [1.54, 1.807) is 12.1 Å². The first-order valence-corrected chi connectivity index (χ1v) is 4.42. The van der Waals surface area contributed by atoms with Crippen LogP contribution in [0.15, 0.2) is 36.9 Å². The Hall–Kier alpha value is -2.04. The molecule has 0 fully saturated rings. The molecule has 0 aliphatic carbocycles. The van der Waals surface area contributed by atoms with Crippen molar-refractivity contribution in [3.63, 3.8) is 0 Å². The number of nitrogens with zero attached hydrogens (tertiary/aromatic N) is 4. The molecule has 1 heterocycles. The molecule has 0 saturated carbocycles. The van der Waals surface area contributed by atoms with E-state index in [-0.39, 0.29) is 5.95 Å². The Morgan fingerprint density at radius 1 is 1.07 bits per heavy atom. The molecule has 0 aliphatic heterocycles. The van der Waals surface area contributed by atoms with Crippen molar-refractivity contribution in [3.05, 3.63) is 42.5 Å². The van der Waals surface area contributed by atoms with E-state index in [1.807, 2.05) is 19.1 Å². The first-order valence-electron chi connectivity index (χ1n) is 4.42. The van der Waals surface area contributed by atoms with Gasteiger partial charge in [0.2, 0.25) is 0 Å². The van der Waals surface area contributed by atoms with Gasteiger partial charge in [0.15, 0.2) is 0 Å². The fourth-order valence-electron chi connectivity index (χ4n) is 1.13. The molecule has 15 heavy (non-hydrogen) atoms. The summed E-state index contributed by atoms with van der Waals surface area (Å²) in [5.41, 5.74) is 1.47. The van der Waals surface area contributed by atoms with Crippen molar-refractivity contribution in [1.29, 1.82) is 0 Å². The van der Waals surface area contributed by atoms with Crippen LogP contribution in [0.4, 0.5) is 16.1 Å². The highest BCUT2D eigenvalue weighted by molar-refractivity contribution is 5.53.